The molecule has 164 valence electrons. The average molecular weight is 451 g/mol. The maximum Gasteiger partial charge on any atom is 0.416 e. The van der Waals surface area contributed by atoms with Gasteiger partial charge >= 0.3 is 6.18 Å². The van der Waals surface area contributed by atoms with Crippen molar-refractivity contribution in [2.24, 2.45) is 0 Å². The minimum Gasteiger partial charge on any atom is -0.340 e. The molecule has 1 aromatic heterocycles. The van der Waals surface area contributed by atoms with E-state index < -0.39 is 11.7 Å². The first-order valence-electron chi connectivity index (χ1n) is 10.1. The van der Waals surface area contributed by atoms with Gasteiger partial charge in [0, 0.05) is 24.0 Å². The fourth-order valence-electron chi connectivity index (χ4n) is 3.94. The van der Waals surface area contributed by atoms with Crippen molar-refractivity contribution in [2.75, 3.05) is 6.54 Å². The first kappa shape index (κ1) is 21.6. The van der Waals surface area contributed by atoms with E-state index in [1.807, 2.05) is 11.0 Å². The van der Waals surface area contributed by atoms with Gasteiger partial charge in [-0.3, -0.25) is 4.79 Å². The van der Waals surface area contributed by atoms with E-state index in [2.05, 4.69) is 15.3 Å². The standard InChI is InChI=1S/C22H22ClF3N4O/c23-16-4-6-18-19(11-16)29-20(28-18)13-30-17(5-7-21(30)31)8-9-27-12-14-2-1-3-15(10-14)22(24,25)26/h1-4,6,10-11,17,27H,5,7-9,12-13H2,(H,28,29)/t17-/m0/s1. The van der Waals surface area contributed by atoms with Gasteiger partial charge in [-0.15, -0.1) is 0 Å². The molecule has 0 radical (unpaired) electrons. The summed E-state index contributed by atoms with van der Waals surface area (Å²) in [5, 5.41) is 3.81. The second kappa shape index (κ2) is 8.88. The van der Waals surface area contributed by atoms with E-state index in [4.69, 9.17) is 11.6 Å². The fraction of sp³-hybridized carbons (Fsp3) is 0.364. The Bertz CT molecular complexity index is 1080. The third-order valence-corrected chi connectivity index (χ3v) is 5.74. The van der Waals surface area contributed by atoms with Gasteiger partial charge in [0.2, 0.25) is 5.91 Å². The zero-order valence-corrected chi connectivity index (χ0v) is 17.4. The SMILES string of the molecule is O=C1CC[C@@H](CCNCc2cccc(C(F)(F)F)c2)N1Cc1nc2ccc(Cl)cc2[nH]1. The smallest absolute Gasteiger partial charge is 0.340 e. The second-order valence-electron chi connectivity index (χ2n) is 7.72. The number of alkyl halides is 3. The van der Waals surface area contributed by atoms with Crippen LogP contribution in [-0.4, -0.2) is 33.4 Å². The lowest BCUT2D eigenvalue weighted by molar-refractivity contribution is -0.137. The highest BCUT2D eigenvalue weighted by Gasteiger charge is 2.31. The number of carbonyl (C=O) groups excluding carboxylic acids is 1. The number of aromatic nitrogens is 2. The van der Waals surface area contributed by atoms with Gasteiger partial charge in [0.05, 0.1) is 23.1 Å². The fourth-order valence-corrected chi connectivity index (χ4v) is 4.11. The number of hydrogen-bond donors (Lipinski definition) is 2. The summed E-state index contributed by atoms with van der Waals surface area (Å²) in [6.45, 7) is 1.33. The van der Waals surface area contributed by atoms with Gasteiger partial charge in [0.15, 0.2) is 0 Å². The van der Waals surface area contributed by atoms with Crippen molar-refractivity contribution in [1.29, 1.82) is 0 Å². The van der Waals surface area contributed by atoms with Crippen LogP contribution in [0.4, 0.5) is 13.2 Å². The topological polar surface area (TPSA) is 61.0 Å². The molecule has 2 aromatic carbocycles. The van der Waals surface area contributed by atoms with Gasteiger partial charge in [-0.05, 0) is 49.2 Å². The molecule has 0 aliphatic carbocycles. The summed E-state index contributed by atoms with van der Waals surface area (Å²) in [7, 11) is 0. The van der Waals surface area contributed by atoms with Crippen molar-refractivity contribution in [2.45, 2.75) is 44.6 Å². The molecule has 0 unspecified atom stereocenters. The van der Waals surface area contributed by atoms with Gasteiger partial charge in [0.1, 0.15) is 5.82 Å². The van der Waals surface area contributed by atoms with Crippen LogP contribution in [0.25, 0.3) is 11.0 Å². The Morgan fingerprint density at radius 2 is 2.06 bits per heavy atom. The molecule has 0 spiro atoms. The van der Waals surface area contributed by atoms with Crippen LogP contribution in [0, 0.1) is 0 Å². The van der Waals surface area contributed by atoms with E-state index in [0.29, 0.717) is 42.5 Å². The number of hydrogen-bond acceptors (Lipinski definition) is 3. The molecule has 5 nitrogen and oxygen atoms in total. The Balaban J connectivity index is 1.32. The number of likely N-dealkylation sites (tertiary alicyclic amines) is 1. The summed E-state index contributed by atoms with van der Waals surface area (Å²) < 4.78 is 38.5. The van der Waals surface area contributed by atoms with Crippen LogP contribution in [0.15, 0.2) is 42.5 Å². The maximum absolute atomic E-state index is 12.8. The largest absolute Gasteiger partial charge is 0.416 e. The van der Waals surface area contributed by atoms with Crippen LogP contribution < -0.4 is 5.32 Å². The molecule has 3 aromatic rings. The molecule has 1 aliphatic heterocycles. The average Bonchev–Trinajstić information content (AvgIpc) is 3.28. The van der Waals surface area contributed by atoms with Crippen LogP contribution in [0.3, 0.4) is 0 Å². The van der Waals surface area contributed by atoms with Crippen molar-refractivity contribution < 1.29 is 18.0 Å². The number of aromatic amines is 1. The number of halogens is 4. The van der Waals surface area contributed by atoms with Gasteiger partial charge in [0.25, 0.3) is 0 Å². The number of nitrogens with one attached hydrogen (secondary N) is 2. The number of imidazole rings is 1. The lowest BCUT2D eigenvalue weighted by Gasteiger charge is -2.24. The molecule has 9 heteroatoms. The number of fused-ring (bicyclic) bond motifs is 1. The molecule has 0 bridgehead atoms. The molecule has 2 heterocycles. The quantitative estimate of drug-likeness (QED) is 0.503. The van der Waals surface area contributed by atoms with E-state index in [-0.39, 0.29) is 11.9 Å². The molecule has 2 N–H and O–H groups in total. The molecule has 1 atom stereocenters. The number of amides is 1. The van der Waals surface area contributed by atoms with E-state index in [1.54, 1.807) is 18.2 Å². The minimum atomic E-state index is -4.34. The second-order valence-corrected chi connectivity index (χ2v) is 8.16. The summed E-state index contributed by atoms with van der Waals surface area (Å²) in [5.41, 5.74) is 1.56. The Morgan fingerprint density at radius 3 is 2.87 bits per heavy atom. The van der Waals surface area contributed by atoms with E-state index in [1.165, 1.54) is 6.07 Å². The number of nitrogens with zero attached hydrogens (tertiary/aromatic N) is 2. The molecule has 0 saturated carbocycles. The molecule has 1 saturated heterocycles. The van der Waals surface area contributed by atoms with Crippen molar-refractivity contribution in [1.82, 2.24) is 20.2 Å². The Kier molecular flexibility index (Phi) is 6.20. The molecule has 1 amide bonds. The molecule has 31 heavy (non-hydrogen) atoms. The molecular weight excluding hydrogens is 429 g/mol. The predicted octanol–water partition coefficient (Wildman–Crippen LogP) is 4.91. The Labute approximate surface area is 182 Å². The van der Waals surface area contributed by atoms with Crippen LogP contribution in [0.2, 0.25) is 5.02 Å². The molecule has 4 rings (SSSR count). The first-order valence-corrected chi connectivity index (χ1v) is 10.5. The highest BCUT2D eigenvalue weighted by atomic mass is 35.5. The van der Waals surface area contributed by atoms with Crippen molar-refractivity contribution >= 4 is 28.5 Å². The van der Waals surface area contributed by atoms with E-state index in [0.717, 1.165) is 36.0 Å². The third kappa shape index (κ3) is 5.19. The predicted molar refractivity (Wildman–Crippen MR) is 112 cm³/mol. The first-order chi connectivity index (χ1) is 14.8. The summed E-state index contributed by atoms with van der Waals surface area (Å²) in [5.74, 6) is 0.788. The molecule has 1 aliphatic rings. The van der Waals surface area contributed by atoms with Crippen molar-refractivity contribution in [3.63, 3.8) is 0 Å². The maximum atomic E-state index is 12.8. The Hall–Kier alpha value is -2.58. The molecular formula is C22H22ClF3N4O. The highest BCUT2D eigenvalue weighted by molar-refractivity contribution is 6.31. The zero-order chi connectivity index (χ0) is 22.0. The van der Waals surface area contributed by atoms with Gasteiger partial charge in [-0.2, -0.15) is 13.2 Å². The monoisotopic (exact) mass is 450 g/mol. The normalized spacial score (nSPS) is 17.1. The van der Waals surface area contributed by atoms with Gasteiger partial charge in [-0.25, -0.2) is 4.98 Å². The van der Waals surface area contributed by atoms with Crippen LogP contribution in [0.1, 0.15) is 36.2 Å². The Morgan fingerprint density at radius 1 is 1.23 bits per heavy atom. The summed E-state index contributed by atoms with van der Waals surface area (Å²) in [6, 6.07) is 10.8. The van der Waals surface area contributed by atoms with Crippen LogP contribution in [-0.2, 0) is 24.1 Å². The van der Waals surface area contributed by atoms with Gasteiger partial charge < -0.3 is 15.2 Å². The summed E-state index contributed by atoms with van der Waals surface area (Å²) >= 11 is 6.02. The summed E-state index contributed by atoms with van der Waals surface area (Å²) in [6.07, 6.45) is -2.38. The lowest BCUT2D eigenvalue weighted by atomic mass is 10.1. The summed E-state index contributed by atoms with van der Waals surface area (Å²) in [4.78, 5) is 22.0. The van der Waals surface area contributed by atoms with Gasteiger partial charge in [-0.1, -0.05) is 29.8 Å². The minimum absolute atomic E-state index is 0.0679. The zero-order valence-electron chi connectivity index (χ0n) is 16.7. The number of H-pyrrole nitrogens is 1. The van der Waals surface area contributed by atoms with E-state index in [9.17, 15) is 18.0 Å². The number of rotatable bonds is 7. The highest BCUT2D eigenvalue weighted by Crippen LogP contribution is 2.29. The van der Waals surface area contributed by atoms with Crippen molar-refractivity contribution in [3.05, 3.63) is 64.4 Å². The van der Waals surface area contributed by atoms with Crippen molar-refractivity contribution in [3.8, 4) is 0 Å². The molecule has 1 fully saturated rings. The number of benzene rings is 2. The van der Waals surface area contributed by atoms with E-state index >= 15 is 0 Å². The van der Waals surface area contributed by atoms with Crippen LogP contribution in [0.5, 0.6) is 0 Å². The number of carbonyl (C=O) groups is 1. The lowest BCUT2D eigenvalue weighted by Crippen LogP contribution is -2.35. The van der Waals surface area contributed by atoms with Crippen LogP contribution >= 0.6 is 11.6 Å². The third-order valence-electron chi connectivity index (χ3n) is 5.50.